The van der Waals surface area contributed by atoms with Crippen molar-refractivity contribution in [3.63, 3.8) is 0 Å². The molecule has 2 rings (SSSR count). The summed E-state index contributed by atoms with van der Waals surface area (Å²) in [6.45, 7) is 2.08. The first-order valence-electron chi connectivity index (χ1n) is 3.93. The van der Waals surface area contributed by atoms with Gasteiger partial charge in [0.05, 0.1) is 7.11 Å². The predicted molar refractivity (Wildman–Crippen MR) is 49.6 cm³/mol. The number of benzene rings is 1. The first-order valence-corrected chi connectivity index (χ1v) is 3.93. The van der Waals surface area contributed by atoms with Gasteiger partial charge in [0.2, 0.25) is 0 Å². The van der Waals surface area contributed by atoms with Crippen LogP contribution in [0.5, 0.6) is 5.88 Å². The Bertz CT molecular complexity index is 403. The van der Waals surface area contributed by atoms with Crippen LogP contribution >= 0.6 is 0 Å². The predicted octanol–water partition coefficient (Wildman–Crippen LogP) is 2.48. The third-order valence-electron chi connectivity index (χ3n) is 1.97. The van der Waals surface area contributed by atoms with Gasteiger partial charge < -0.3 is 9.72 Å². The number of hydrogen-bond donors (Lipinski definition) is 1. The quantitative estimate of drug-likeness (QED) is 0.682. The lowest BCUT2D eigenvalue weighted by atomic mass is 10.2. The zero-order valence-electron chi connectivity index (χ0n) is 7.22. The maximum absolute atomic E-state index is 5.08. The van der Waals surface area contributed by atoms with E-state index in [1.165, 1.54) is 10.9 Å². The number of methoxy groups -OCH3 is 1. The van der Waals surface area contributed by atoms with Gasteiger partial charge >= 0.3 is 0 Å². The van der Waals surface area contributed by atoms with E-state index in [4.69, 9.17) is 4.74 Å². The smallest absolute Gasteiger partial charge is 0.191 e. The third kappa shape index (κ3) is 1.05. The van der Waals surface area contributed by atoms with Gasteiger partial charge in [0.25, 0.3) is 0 Å². The lowest BCUT2D eigenvalue weighted by Gasteiger charge is -1.90. The number of aryl methyl sites for hydroxylation is 1. The number of aromatic nitrogens is 1. The van der Waals surface area contributed by atoms with E-state index in [0.717, 1.165) is 11.4 Å². The van der Waals surface area contributed by atoms with Crippen LogP contribution in [0, 0.1) is 6.92 Å². The summed E-state index contributed by atoms with van der Waals surface area (Å²) in [4.78, 5) is 3.15. The number of fused-ring (bicyclic) bond motifs is 1. The van der Waals surface area contributed by atoms with Crippen molar-refractivity contribution in [3.8, 4) is 5.88 Å². The summed E-state index contributed by atoms with van der Waals surface area (Å²) in [5.41, 5.74) is 2.39. The minimum Gasteiger partial charge on any atom is -0.482 e. The molecule has 0 bridgehead atoms. The standard InChI is InChI=1S/C10H11NO/c1-7-3-4-9-8(5-7)6-10(11-9)12-2/h3-6,11H,1-2H3. The molecule has 0 saturated heterocycles. The van der Waals surface area contributed by atoms with Gasteiger partial charge in [-0.15, -0.1) is 0 Å². The molecule has 2 heteroatoms. The summed E-state index contributed by atoms with van der Waals surface area (Å²) in [7, 11) is 1.66. The van der Waals surface area contributed by atoms with Crippen molar-refractivity contribution in [2.75, 3.05) is 7.11 Å². The molecular formula is C10H11NO. The Hall–Kier alpha value is -1.44. The molecule has 1 heterocycles. The highest BCUT2D eigenvalue weighted by Gasteiger charge is 1.98. The topological polar surface area (TPSA) is 25.0 Å². The minimum atomic E-state index is 0.815. The zero-order valence-corrected chi connectivity index (χ0v) is 7.22. The molecule has 62 valence electrons. The van der Waals surface area contributed by atoms with E-state index in [2.05, 4.69) is 30.1 Å². The van der Waals surface area contributed by atoms with Gasteiger partial charge in [-0.25, -0.2) is 0 Å². The molecule has 0 fully saturated rings. The molecule has 0 aliphatic heterocycles. The van der Waals surface area contributed by atoms with Crippen molar-refractivity contribution in [1.82, 2.24) is 4.98 Å². The Morgan fingerprint density at radius 3 is 2.83 bits per heavy atom. The highest BCUT2D eigenvalue weighted by Crippen LogP contribution is 2.20. The lowest BCUT2D eigenvalue weighted by molar-refractivity contribution is 0.401. The van der Waals surface area contributed by atoms with Crippen molar-refractivity contribution in [1.29, 1.82) is 0 Å². The summed E-state index contributed by atoms with van der Waals surface area (Å²) < 4.78 is 5.08. The Morgan fingerprint density at radius 1 is 1.25 bits per heavy atom. The highest BCUT2D eigenvalue weighted by molar-refractivity contribution is 5.81. The summed E-state index contributed by atoms with van der Waals surface area (Å²) in [6, 6.07) is 8.28. The highest BCUT2D eigenvalue weighted by atomic mass is 16.5. The summed E-state index contributed by atoms with van der Waals surface area (Å²) in [5.74, 6) is 0.815. The molecule has 1 N–H and O–H groups in total. The van der Waals surface area contributed by atoms with Gasteiger partial charge in [-0.1, -0.05) is 11.6 Å². The SMILES string of the molecule is COc1cc2cc(C)ccc2[nH]1. The fourth-order valence-electron chi connectivity index (χ4n) is 1.34. The minimum absolute atomic E-state index is 0.815. The van der Waals surface area contributed by atoms with Gasteiger partial charge in [0, 0.05) is 17.0 Å². The normalized spacial score (nSPS) is 10.5. The Balaban J connectivity index is 2.67. The fourth-order valence-corrected chi connectivity index (χ4v) is 1.34. The third-order valence-corrected chi connectivity index (χ3v) is 1.97. The van der Waals surface area contributed by atoms with Crippen LogP contribution in [0.1, 0.15) is 5.56 Å². The largest absolute Gasteiger partial charge is 0.482 e. The van der Waals surface area contributed by atoms with Gasteiger partial charge in [-0.2, -0.15) is 0 Å². The second-order valence-corrected chi connectivity index (χ2v) is 2.93. The molecule has 2 nitrogen and oxygen atoms in total. The summed E-state index contributed by atoms with van der Waals surface area (Å²) in [5, 5.41) is 1.20. The van der Waals surface area contributed by atoms with E-state index in [0.29, 0.717) is 0 Å². The Morgan fingerprint density at radius 2 is 2.08 bits per heavy atom. The molecule has 0 atom stereocenters. The zero-order chi connectivity index (χ0) is 8.55. The first kappa shape index (κ1) is 7.22. The first-order chi connectivity index (χ1) is 5.79. The molecule has 0 spiro atoms. The molecule has 12 heavy (non-hydrogen) atoms. The van der Waals surface area contributed by atoms with Crippen molar-refractivity contribution in [2.45, 2.75) is 6.92 Å². The Labute approximate surface area is 71.2 Å². The molecule has 0 aliphatic rings. The molecule has 1 aromatic heterocycles. The van der Waals surface area contributed by atoms with Crippen LogP contribution in [0.3, 0.4) is 0 Å². The summed E-state index contributed by atoms with van der Waals surface area (Å²) >= 11 is 0. The Kier molecular flexibility index (Phi) is 1.54. The van der Waals surface area contributed by atoms with E-state index in [1.807, 2.05) is 6.07 Å². The van der Waals surface area contributed by atoms with Gasteiger partial charge in [0.1, 0.15) is 0 Å². The van der Waals surface area contributed by atoms with E-state index >= 15 is 0 Å². The molecule has 0 amide bonds. The maximum atomic E-state index is 5.08. The van der Waals surface area contributed by atoms with Crippen molar-refractivity contribution in [3.05, 3.63) is 29.8 Å². The number of rotatable bonds is 1. The number of aromatic amines is 1. The fraction of sp³-hybridized carbons (Fsp3) is 0.200. The van der Waals surface area contributed by atoms with Crippen LogP contribution in [0.2, 0.25) is 0 Å². The van der Waals surface area contributed by atoms with Crippen molar-refractivity contribution in [2.24, 2.45) is 0 Å². The molecular weight excluding hydrogens is 150 g/mol. The second kappa shape index (κ2) is 2.55. The van der Waals surface area contributed by atoms with Crippen LogP contribution in [-0.2, 0) is 0 Å². The van der Waals surface area contributed by atoms with Crippen molar-refractivity contribution < 1.29 is 4.74 Å². The van der Waals surface area contributed by atoms with E-state index in [-0.39, 0.29) is 0 Å². The molecule has 0 radical (unpaired) electrons. The molecule has 0 aliphatic carbocycles. The van der Waals surface area contributed by atoms with Crippen LogP contribution in [0.15, 0.2) is 24.3 Å². The van der Waals surface area contributed by atoms with E-state index < -0.39 is 0 Å². The lowest BCUT2D eigenvalue weighted by Crippen LogP contribution is -1.79. The average Bonchev–Trinajstić information content (AvgIpc) is 2.46. The van der Waals surface area contributed by atoms with Crippen molar-refractivity contribution >= 4 is 10.9 Å². The van der Waals surface area contributed by atoms with Crippen LogP contribution < -0.4 is 4.74 Å². The van der Waals surface area contributed by atoms with Crippen LogP contribution in [0.25, 0.3) is 10.9 Å². The number of ether oxygens (including phenoxy) is 1. The monoisotopic (exact) mass is 161 g/mol. The van der Waals surface area contributed by atoms with Gasteiger partial charge in [0.15, 0.2) is 5.88 Å². The molecule has 0 unspecified atom stereocenters. The maximum Gasteiger partial charge on any atom is 0.191 e. The molecule has 1 aromatic carbocycles. The van der Waals surface area contributed by atoms with E-state index in [1.54, 1.807) is 7.11 Å². The molecule has 2 aromatic rings. The average molecular weight is 161 g/mol. The van der Waals surface area contributed by atoms with Gasteiger partial charge in [-0.3, -0.25) is 0 Å². The number of H-pyrrole nitrogens is 1. The van der Waals surface area contributed by atoms with Crippen LogP contribution in [-0.4, -0.2) is 12.1 Å². The van der Waals surface area contributed by atoms with Crippen LogP contribution in [0.4, 0.5) is 0 Å². The number of hydrogen-bond acceptors (Lipinski definition) is 1. The summed E-state index contributed by atoms with van der Waals surface area (Å²) in [6.07, 6.45) is 0. The van der Waals surface area contributed by atoms with E-state index in [9.17, 15) is 0 Å². The second-order valence-electron chi connectivity index (χ2n) is 2.93. The molecule has 0 saturated carbocycles. The number of nitrogens with one attached hydrogen (secondary N) is 1. The van der Waals surface area contributed by atoms with Gasteiger partial charge in [-0.05, 0) is 19.1 Å².